The zero-order valence-corrected chi connectivity index (χ0v) is 14.7. The summed E-state index contributed by atoms with van der Waals surface area (Å²) in [6.07, 6.45) is 0.803. The number of carbonyl (C=O) groups is 3. The molecule has 1 aromatic rings. The maximum atomic E-state index is 12.4. The van der Waals surface area contributed by atoms with Gasteiger partial charge >= 0.3 is 12.0 Å². The van der Waals surface area contributed by atoms with Gasteiger partial charge in [0.15, 0.2) is 6.61 Å². The third kappa shape index (κ3) is 6.40. The van der Waals surface area contributed by atoms with Crippen LogP contribution in [0.3, 0.4) is 0 Å². The largest absolute Gasteiger partial charge is 0.455 e. The summed E-state index contributed by atoms with van der Waals surface area (Å²) in [4.78, 5) is 35.5. The molecule has 24 heavy (non-hydrogen) atoms. The topological polar surface area (TPSA) is 84.5 Å². The molecule has 0 saturated heterocycles. The quantitative estimate of drug-likeness (QED) is 0.751. The fraction of sp³-hybridized carbons (Fsp3) is 0.500. The summed E-state index contributed by atoms with van der Waals surface area (Å²) in [6, 6.07) is 8.65. The maximum Gasteiger partial charge on any atom is 0.321 e. The standard InChI is InChI=1S/C18H26N2O4/c1-5-13(4)16(14-9-7-6-8-10-14)17(22)24-11-15(21)20-18(23)19-12(2)3/h6-10,12-13,16H,5,11H2,1-4H3,(H2,19,20,21,23)/t13-,16-/m1/s1. The van der Waals surface area contributed by atoms with Crippen LogP contribution in [-0.2, 0) is 14.3 Å². The maximum absolute atomic E-state index is 12.4. The smallest absolute Gasteiger partial charge is 0.321 e. The average molecular weight is 334 g/mol. The Hall–Kier alpha value is -2.37. The van der Waals surface area contributed by atoms with E-state index in [-0.39, 0.29) is 12.0 Å². The monoisotopic (exact) mass is 334 g/mol. The molecule has 1 aromatic carbocycles. The van der Waals surface area contributed by atoms with Gasteiger partial charge in [-0.1, -0.05) is 50.6 Å². The van der Waals surface area contributed by atoms with E-state index in [1.54, 1.807) is 13.8 Å². The molecule has 6 nitrogen and oxygen atoms in total. The van der Waals surface area contributed by atoms with Crippen molar-refractivity contribution in [2.24, 2.45) is 5.92 Å². The molecule has 0 fully saturated rings. The second kappa shape index (κ2) is 9.70. The summed E-state index contributed by atoms with van der Waals surface area (Å²) in [5.41, 5.74) is 0.856. The fourth-order valence-corrected chi connectivity index (χ4v) is 2.28. The van der Waals surface area contributed by atoms with Crippen LogP contribution in [-0.4, -0.2) is 30.6 Å². The van der Waals surface area contributed by atoms with E-state index in [0.717, 1.165) is 12.0 Å². The number of hydrogen-bond acceptors (Lipinski definition) is 4. The Kier molecular flexibility index (Phi) is 7.95. The number of imide groups is 1. The fourth-order valence-electron chi connectivity index (χ4n) is 2.28. The summed E-state index contributed by atoms with van der Waals surface area (Å²) < 4.78 is 5.12. The number of urea groups is 1. The van der Waals surface area contributed by atoms with Crippen LogP contribution in [0.5, 0.6) is 0 Å². The first kappa shape index (κ1) is 19.7. The predicted octanol–water partition coefficient (Wildman–Crippen LogP) is 2.59. The first-order chi connectivity index (χ1) is 11.3. The second-order valence-electron chi connectivity index (χ2n) is 6.06. The van der Waals surface area contributed by atoms with E-state index in [4.69, 9.17) is 4.74 Å². The van der Waals surface area contributed by atoms with Crippen LogP contribution in [0, 0.1) is 5.92 Å². The molecule has 3 amide bonds. The van der Waals surface area contributed by atoms with Crippen LogP contribution < -0.4 is 10.6 Å². The van der Waals surface area contributed by atoms with Gasteiger partial charge in [-0.2, -0.15) is 0 Å². The lowest BCUT2D eigenvalue weighted by atomic mass is 9.86. The number of ether oxygens (including phenoxy) is 1. The third-order valence-electron chi connectivity index (χ3n) is 3.64. The lowest BCUT2D eigenvalue weighted by Gasteiger charge is -2.21. The van der Waals surface area contributed by atoms with Crippen LogP contribution >= 0.6 is 0 Å². The van der Waals surface area contributed by atoms with Crippen molar-refractivity contribution >= 4 is 17.9 Å². The van der Waals surface area contributed by atoms with Crippen LogP contribution in [0.1, 0.15) is 45.6 Å². The minimum absolute atomic E-state index is 0.0761. The Morgan fingerprint density at radius 3 is 2.25 bits per heavy atom. The predicted molar refractivity (Wildman–Crippen MR) is 91.4 cm³/mol. The summed E-state index contributed by atoms with van der Waals surface area (Å²) >= 11 is 0. The van der Waals surface area contributed by atoms with E-state index in [2.05, 4.69) is 10.6 Å². The molecule has 0 bridgehead atoms. The van der Waals surface area contributed by atoms with Crippen molar-refractivity contribution in [3.05, 3.63) is 35.9 Å². The number of carbonyl (C=O) groups excluding carboxylic acids is 3. The van der Waals surface area contributed by atoms with Gasteiger partial charge in [0.05, 0.1) is 5.92 Å². The van der Waals surface area contributed by atoms with Crippen LogP contribution in [0.25, 0.3) is 0 Å². The molecule has 0 aromatic heterocycles. The minimum Gasteiger partial charge on any atom is -0.455 e. The minimum atomic E-state index is -0.655. The van der Waals surface area contributed by atoms with Gasteiger partial charge in [-0.25, -0.2) is 4.79 Å². The molecule has 2 atom stereocenters. The Morgan fingerprint density at radius 1 is 1.08 bits per heavy atom. The zero-order valence-electron chi connectivity index (χ0n) is 14.7. The van der Waals surface area contributed by atoms with Crippen molar-refractivity contribution in [3.8, 4) is 0 Å². The first-order valence-corrected chi connectivity index (χ1v) is 8.17. The Balaban J connectivity index is 2.63. The number of rotatable bonds is 7. The number of hydrogen-bond donors (Lipinski definition) is 2. The summed E-state index contributed by atoms with van der Waals surface area (Å²) in [7, 11) is 0. The van der Waals surface area contributed by atoms with E-state index in [1.807, 2.05) is 44.2 Å². The molecule has 0 spiro atoms. The van der Waals surface area contributed by atoms with Gasteiger partial charge < -0.3 is 10.1 Å². The van der Waals surface area contributed by atoms with E-state index in [1.165, 1.54) is 0 Å². The molecule has 2 N–H and O–H groups in total. The third-order valence-corrected chi connectivity index (χ3v) is 3.64. The van der Waals surface area contributed by atoms with Gasteiger partial charge in [0.1, 0.15) is 0 Å². The molecular weight excluding hydrogens is 308 g/mol. The molecular formula is C18H26N2O4. The lowest BCUT2D eigenvalue weighted by molar-refractivity contribution is -0.151. The molecule has 1 rings (SSSR count). The molecule has 0 heterocycles. The lowest BCUT2D eigenvalue weighted by Crippen LogP contribution is -2.44. The highest BCUT2D eigenvalue weighted by atomic mass is 16.5. The van der Waals surface area contributed by atoms with Crippen molar-refractivity contribution < 1.29 is 19.1 Å². The van der Waals surface area contributed by atoms with Crippen molar-refractivity contribution in [3.63, 3.8) is 0 Å². The highest BCUT2D eigenvalue weighted by Crippen LogP contribution is 2.28. The SMILES string of the molecule is CC[C@@H](C)[C@@H](C(=O)OCC(=O)NC(=O)NC(C)C)c1ccccc1. The van der Waals surface area contributed by atoms with Crippen molar-refractivity contribution in [1.29, 1.82) is 0 Å². The van der Waals surface area contributed by atoms with Crippen molar-refractivity contribution in [2.75, 3.05) is 6.61 Å². The van der Waals surface area contributed by atoms with E-state index < -0.39 is 30.4 Å². The molecule has 0 aliphatic heterocycles. The van der Waals surface area contributed by atoms with Crippen LogP contribution in [0.15, 0.2) is 30.3 Å². The normalized spacial score (nSPS) is 13.0. The van der Waals surface area contributed by atoms with Crippen molar-refractivity contribution in [2.45, 2.75) is 46.1 Å². The Bertz CT molecular complexity index is 557. The van der Waals surface area contributed by atoms with E-state index >= 15 is 0 Å². The highest BCUT2D eigenvalue weighted by Gasteiger charge is 2.27. The van der Waals surface area contributed by atoms with Crippen molar-refractivity contribution in [1.82, 2.24) is 10.6 Å². The number of nitrogens with one attached hydrogen (secondary N) is 2. The summed E-state index contributed by atoms with van der Waals surface area (Å²) in [5.74, 6) is -1.48. The summed E-state index contributed by atoms with van der Waals surface area (Å²) in [5, 5.41) is 4.65. The Morgan fingerprint density at radius 2 is 1.71 bits per heavy atom. The summed E-state index contributed by atoms with van der Waals surface area (Å²) in [6.45, 7) is 7.04. The van der Waals surface area contributed by atoms with Gasteiger partial charge in [0.2, 0.25) is 0 Å². The van der Waals surface area contributed by atoms with E-state index in [9.17, 15) is 14.4 Å². The average Bonchev–Trinajstić information content (AvgIpc) is 2.53. The van der Waals surface area contributed by atoms with Crippen LogP contribution in [0.2, 0.25) is 0 Å². The Labute approximate surface area is 143 Å². The van der Waals surface area contributed by atoms with Gasteiger partial charge in [0.25, 0.3) is 5.91 Å². The molecule has 0 aliphatic rings. The highest BCUT2D eigenvalue weighted by molar-refractivity contribution is 5.95. The molecule has 132 valence electrons. The second-order valence-corrected chi connectivity index (χ2v) is 6.06. The molecule has 0 saturated carbocycles. The molecule has 0 radical (unpaired) electrons. The van der Waals surface area contributed by atoms with Gasteiger partial charge in [-0.3, -0.25) is 14.9 Å². The van der Waals surface area contributed by atoms with E-state index in [0.29, 0.717) is 0 Å². The number of amides is 3. The molecule has 0 unspecified atom stereocenters. The molecule has 6 heteroatoms. The first-order valence-electron chi connectivity index (χ1n) is 8.17. The number of esters is 1. The van der Waals surface area contributed by atoms with Gasteiger partial charge in [0, 0.05) is 6.04 Å². The van der Waals surface area contributed by atoms with Gasteiger partial charge in [-0.05, 0) is 25.3 Å². The van der Waals surface area contributed by atoms with Gasteiger partial charge in [-0.15, -0.1) is 0 Å². The molecule has 0 aliphatic carbocycles. The zero-order chi connectivity index (χ0) is 18.1. The van der Waals surface area contributed by atoms with Crippen LogP contribution in [0.4, 0.5) is 4.79 Å². The number of benzene rings is 1.